The van der Waals surface area contributed by atoms with Gasteiger partial charge in [-0.05, 0) is 83.2 Å². The minimum atomic E-state index is 0.994. The van der Waals surface area contributed by atoms with Crippen molar-refractivity contribution in [1.29, 1.82) is 0 Å². The summed E-state index contributed by atoms with van der Waals surface area (Å²) in [5, 5.41) is 8.51. The fourth-order valence-electron chi connectivity index (χ4n) is 8.86. The minimum Gasteiger partial charge on any atom is -0.309 e. The second kappa shape index (κ2) is 10.7. The lowest BCUT2D eigenvalue weighted by Crippen LogP contribution is -1.96. The molecule has 12 rings (SSSR count). The maximum atomic E-state index is 5.14. The van der Waals surface area contributed by atoms with Crippen molar-refractivity contribution in [2.75, 3.05) is 0 Å². The second-order valence-corrected chi connectivity index (χ2v) is 14.0. The van der Waals surface area contributed by atoms with Crippen LogP contribution in [-0.2, 0) is 0 Å². The molecule has 4 heteroatoms. The standard InChI is InChI=1S/C49H30N4/c1-2-12-31(13-3-1)32-22-24-33(25-23-32)51-43-19-9-6-15-36(43)39-28-34(26-27-45(39)51)52-44-20-10-7-16-37(44)41-30-48-40(29-47(41)52)35-14-4-5-17-38(35)49-50-42-18-8-11-21-46(42)53(48)49/h1-30H. The molecular formula is C49H30N4. The highest BCUT2D eigenvalue weighted by molar-refractivity contribution is 6.20. The zero-order valence-corrected chi connectivity index (χ0v) is 28.6. The van der Waals surface area contributed by atoms with E-state index in [0.717, 1.165) is 33.4 Å². The SMILES string of the molecule is c1ccc(-c2ccc(-n3c4ccccc4c4cc(-n5c6ccccc6c6cc7c(cc65)c5ccccc5c5nc6ccccc6n75)ccc43)cc2)cc1. The summed E-state index contributed by atoms with van der Waals surface area (Å²) in [4.78, 5) is 5.14. The number of imidazole rings is 1. The van der Waals surface area contributed by atoms with Crippen LogP contribution in [-0.4, -0.2) is 18.5 Å². The summed E-state index contributed by atoms with van der Waals surface area (Å²) in [5.74, 6) is 0. The number of benzene rings is 8. The summed E-state index contributed by atoms with van der Waals surface area (Å²) in [6, 6.07) is 66.0. The smallest absolute Gasteiger partial charge is 0.146 e. The van der Waals surface area contributed by atoms with Crippen LogP contribution in [0.1, 0.15) is 0 Å². The van der Waals surface area contributed by atoms with E-state index in [1.54, 1.807) is 0 Å². The fourth-order valence-corrected chi connectivity index (χ4v) is 8.86. The van der Waals surface area contributed by atoms with Gasteiger partial charge in [-0.25, -0.2) is 4.98 Å². The van der Waals surface area contributed by atoms with E-state index in [2.05, 4.69) is 196 Å². The van der Waals surface area contributed by atoms with E-state index in [1.807, 2.05) is 0 Å². The van der Waals surface area contributed by atoms with E-state index in [-0.39, 0.29) is 0 Å². The zero-order chi connectivity index (χ0) is 34.6. The van der Waals surface area contributed by atoms with Gasteiger partial charge in [0, 0.05) is 43.7 Å². The fraction of sp³-hybridized carbons (Fsp3) is 0. The molecule has 246 valence electrons. The van der Waals surface area contributed by atoms with Crippen molar-refractivity contribution >= 4 is 82.0 Å². The van der Waals surface area contributed by atoms with Gasteiger partial charge in [-0.2, -0.15) is 0 Å². The largest absolute Gasteiger partial charge is 0.309 e. The van der Waals surface area contributed by atoms with Crippen LogP contribution in [0.2, 0.25) is 0 Å². The number of hydrogen-bond acceptors (Lipinski definition) is 1. The first-order valence-electron chi connectivity index (χ1n) is 18.1. The number of pyridine rings is 1. The van der Waals surface area contributed by atoms with Gasteiger partial charge < -0.3 is 9.13 Å². The first kappa shape index (κ1) is 28.5. The van der Waals surface area contributed by atoms with Crippen LogP contribution in [0.15, 0.2) is 182 Å². The van der Waals surface area contributed by atoms with Crippen LogP contribution in [0.5, 0.6) is 0 Å². The van der Waals surface area contributed by atoms with Crippen molar-refractivity contribution in [1.82, 2.24) is 18.5 Å². The Labute approximate surface area is 304 Å². The normalized spacial score (nSPS) is 12.2. The Bertz CT molecular complexity index is 3440. The number of rotatable bonds is 3. The molecule has 53 heavy (non-hydrogen) atoms. The molecule has 4 heterocycles. The number of aromatic nitrogens is 4. The summed E-state index contributed by atoms with van der Waals surface area (Å²) in [7, 11) is 0. The number of hydrogen-bond donors (Lipinski definition) is 0. The van der Waals surface area contributed by atoms with Crippen LogP contribution in [0, 0.1) is 0 Å². The van der Waals surface area contributed by atoms with Gasteiger partial charge in [-0.15, -0.1) is 0 Å². The van der Waals surface area contributed by atoms with Crippen LogP contribution >= 0.6 is 0 Å². The maximum Gasteiger partial charge on any atom is 0.146 e. The highest BCUT2D eigenvalue weighted by Gasteiger charge is 2.20. The second-order valence-electron chi connectivity index (χ2n) is 14.0. The predicted octanol–water partition coefficient (Wildman–Crippen LogP) is 12.7. The van der Waals surface area contributed by atoms with Gasteiger partial charge in [0.25, 0.3) is 0 Å². The molecule has 0 N–H and O–H groups in total. The van der Waals surface area contributed by atoms with E-state index in [9.17, 15) is 0 Å². The Morgan fingerprint density at radius 1 is 0.302 bits per heavy atom. The van der Waals surface area contributed by atoms with Gasteiger partial charge in [-0.1, -0.05) is 115 Å². The van der Waals surface area contributed by atoms with E-state index >= 15 is 0 Å². The summed E-state index contributed by atoms with van der Waals surface area (Å²) in [6.07, 6.45) is 0. The minimum absolute atomic E-state index is 0.994. The first-order chi connectivity index (χ1) is 26.3. The lowest BCUT2D eigenvalue weighted by molar-refractivity contribution is 1.17. The number of fused-ring (bicyclic) bond motifs is 14. The monoisotopic (exact) mass is 674 g/mol. The van der Waals surface area contributed by atoms with Crippen molar-refractivity contribution in [3.63, 3.8) is 0 Å². The van der Waals surface area contributed by atoms with Crippen LogP contribution in [0.25, 0.3) is 104 Å². The summed E-state index contributed by atoms with van der Waals surface area (Å²) in [5.41, 5.74) is 13.8. The first-order valence-corrected chi connectivity index (χ1v) is 18.1. The lowest BCUT2D eigenvalue weighted by Gasteiger charge is -2.12. The molecule has 0 amide bonds. The molecule has 0 atom stereocenters. The van der Waals surface area contributed by atoms with Crippen molar-refractivity contribution in [2.45, 2.75) is 0 Å². The Morgan fingerprint density at radius 3 is 1.57 bits per heavy atom. The van der Waals surface area contributed by atoms with E-state index < -0.39 is 0 Å². The van der Waals surface area contributed by atoms with Gasteiger partial charge in [0.1, 0.15) is 5.65 Å². The average molecular weight is 675 g/mol. The molecule has 0 saturated heterocycles. The molecule has 0 bridgehead atoms. The molecule has 0 saturated carbocycles. The zero-order valence-electron chi connectivity index (χ0n) is 28.6. The Balaban J connectivity index is 1.13. The molecule has 0 aliphatic rings. The van der Waals surface area contributed by atoms with Gasteiger partial charge in [0.15, 0.2) is 0 Å². The summed E-state index contributed by atoms with van der Waals surface area (Å²) >= 11 is 0. The van der Waals surface area contributed by atoms with Crippen LogP contribution < -0.4 is 0 Å². The van der Waals surface area contributed by atoms with Gasteiger partial charge in [0.2, 0.25) is 0 Å². The van der Waals surface area contributed by atoms with E-state index in [1.165, 1.54) is 71.0 Å². The Hall–Kier alpha value is -7.17. The molecule has 0 aliphatic heterocycles. The molecule has 8 aromatic carbocycles. The Kier molecular flexibility index (Phi) is 5.74. The topological polar surface area (TPSA) is 27.2 Å². The highest BCUT2D eigenvalue weighted by atomic mass is 15.0. The van der Waals surface area contributed by atoms with Crippen molar-refractivity contribution in [2.24, 2.45) is 0 Å². The van der Waals surface area contributed by atoms with Gasteiger partial charge in [0.05, 0.1) is 38.6 Å². The molecule has 0 aliphatic carbocycles. The van der Waals surface area contributed by atoms with Crippen molar-refractivity contribution < 1.29 is 0 Å². The maximum absolute atomic E-state index is 5.14. The molecule has 4 nitrogen and oxygen atoms in total. The van der Waals surface area contributed by atoms with E-state index in [4.69, 9.17) is 4.98 Å². The predicted molar refractivity (Wildman–Crippen MR) is 222 cm³/mol. The number of para-hydroxylation sites is 4. The molecule has 0 unspecified atom stereocenters. The molecule has 0 spiro atoms. The molecular weight excluding hydrogens is 645 g/mol. The third-order valence-electron chi connectivity index (χ3n) is 11.2. The molecule has 0 fully saturated rings. The highest BCUT2D eigenvalue weighted by Crippen LogP contribution is 2.41. The Morgan fingerprint density at radius 2 is 0.811 bits per heavy atom. The number of nitrogens with zero attached hydrogens (tertiary/aromatic N) is 4. The van der Waals surface area contributed by atoms with Crippen molar-refractivity contribution in [3.05, 3.63) is 182 Å². The lowest BCUT2D eigenvalue weighted by atomic mass is 10.0. The van der Waals surface area contributed by atoms with Gasteiger partial charge >= 0.3 is 0 Å². The summed E-state index contributed by atoms with van der Waals surface area (Å²) < 4.78 is 7.20. The van der Waals surface area contributed by atoms with Crippen molar-refractivity contribution in [3.8, 4) is 22.5 Å². The third kappa shape index (κ3) is 3.98. The molecule has 12 aromatic rings. The average Bonchev–Trinajstić information content (AvgIpc) is 3.88. The van der Waals surface area contributed by atoms with Gasteiger partial charge in [-0.3, -0.25) is 4.40 Å². The molecule has 0 radical (unpaired) electrons. The summed E-state index contributed by atoms with van der Waals surface area (Å²) in [6.45, 7) is 0. The third-order valence-corrected chi connectivity index (χ3v) is 11.2. The molecule has 4 aromatic heterocycles. The van der Waals surface area contributed by atoms with Crippen LogP contribution in [0.3, 0.4) is 0 Å². The van der Waals surface area contributed by atoms with E-state index in [0.29, 0.717) is 0 Å². The quantitative estimate of drug-likeness (QED) is 0.171. The van der Waals surface area contributed by atoms with Crippen LogP contribution in [0.4, 0.5) is 0 Å².